The number of aryl methyl sites for hydroxylation is 1. The number of hydrogen-bond acceptors (Lipinski definition) is 3. The molecule has 0 atom stereocenters. The van der Waals surface area contributed by atoms with Gasteiger partial charge in [0.25, 0.3) is 5.91 Å². The molecule has 0 radical (unpaired) electrons. The number of nitrogens with two attached hydrogens (primary N) is 1. The van der Waals surface area contributed by atoms with Crippen molar-refractivity contribution in [2.45, 2.75) is 13.3 Å². The number of anilines is 1. The van der Waals surface area contributed by atoms with Crippen molar-refractivity contribution in [3.63, 3.8) is 0 Å². The van der Waals surface area contributed by atoms with E-state index in [1.807, 2.05) is 31.2 Å². The third-order valence-corrected chi connectivity index (χ3v) is 3.37. The number of ether oxygens (including phenoxy) is 1. The fraction of sp³-hybridized carbons (Fsp3) is 0.235. The van der Waals surface area contributed by atoms with Crippen LogP contribution in [0, 0.1) is 6.92 Å². The Balaban J connectivity index is 1.90. The van der Waals surface area contributed by atoms with Crippen molar-refractivity contribution >= 4 is 11.6 Å². The first kappa shape index (κ1) is 14.9. The Hall–Kier alpha value is -2.49. The molecule has 0 heterocycles. The number of amides is 1. The number of carbonyl (C=O) groups excluding carboxylic acids is 1. The van der Waals surface area contributed by atoms with Crippen LogP contribution in [0.2, 0.25) is 0 Å². The Morgan fingerprint density at radius 3 is 2.76 bits per heavy atom. The lowest BCUT2D eigenvalue weighted by Gasteiger charge is -2.08. The molecule has 2 aromatic rings. The molecule has 1 amide bonds. The topological polar surface area (TPSA) is 64.3 Å². The van der Waals surface area contributed by atoms with Gasteiger partial charge in [-0.3, -0.25) is 4.79 Å². The summed E-state index contributed by atoms with van der Waals surface area (Å²) in [6, 6.07) is 13.1. The minimum absolute atomic E-state index is 0.0824. The summed E-state index contributed by atoms with van der Waals surface area (Å²) in [6.07, 6.45) is 0.761. The molecule has 0 unspecified atom stereocenters. The van der Waals surface area contributed by atoms with Crippen LogP contribution in [0.5, 0.6) is 5.75 Å². The average molecular weight is 284 g/mol. The number of nitrogen functional groups attached to an aromatic ring is 1. The Morgan fingerprint density at radius 2 is 2.05 bits per heavy atom. The summed E-state index contributed by atoms with van der Waals surface area (Å²) >= 11 is 0. The third-order valence-electron chi connectivity index (χ3n) is 3.37. The highest BCUT2D eigenvalue weighted by molar-refractivity contribution is 5.94. The first-order chi connectivity index (χ1) is 10.1. The van der Waals surface area contributed by atoms with Gasteiger partial charge >= 0.3 is 0 Å². The van der Waals surface area contributed by atoms with Crippen LogP contribution in [0.4, 0.5) is 5.69 Å². The van der Waals surface area contributed by atoms with E-state index in [9.17, 15) is 4.79 Å². The maximum absolute atomic E-state index is 12.0. The van der Waals surface area contributed by atoms with Gasteiger partial charge in [0.05, 0.1) is 7.11 Å². The highest BCUT2D eigenvalue weighted by Crippen LogP contribution is 2.14. The third kappa shape index (κ3) is 3.99. The monoisotopic (exact) mass is 284 g/mol. The van der Waals surface area contributed by atoms with E-state index in [0.717, 1.165) is 23.3 Å². The molecule has 2 aromatic carbocycles. The zero-order chi connectivity index (χ0) is 15.2. The van der Waals surface area contributed by atoms with Gasteiger partial charge in [-0.25, -0.2) is 0 Å². The zero-order valence-corrected chi connectivity index (χ0v) is 12.3. The standard InChI is InChI=1S/C17H20N2O2/c1-12-10-14(6-7-16(12)18)17(20)19-9-8-13-4-3-5-15(11-13)21-2/h3-7,10-11H,8-9,18H2,1-2H3,(H,19,20). The predicted octanol–water partition coefficient (Wildman–Crippen LogP) is 2.56. The minimum atomic E-state index is -0.0824. The highest BCUT2D eigenvalue weighted by Gasteiger charge is 2.06. The van der Waals surface area contributed by atoms with Gasteiger partial charge in [0.2, 0.25) is 0 Å². The fourth-order valence-electron chi connectivity index (χ4n) is 2.07. The van der Waals surface area contributed by atoms with Gasteiger partial charge in [0.15, 0.2) is 0 Å². The molecule has 0 aliphatic heterocycles. The van der Waals surface area contributed by atoms with Crippen molar-refractivity contribution in [3.8, 4) is 5.75 Å². The summed E-state index contributed by atoms with van der Waals surface area (Å²) in [5.41, 5.74) is 9.12. The van der Waals surface area contributed by atoms with E-state index >= 15 is 0 Å². The Bertz CT molecular complexity index is 638. The summed E-state index contributed by atoms with van der Waals surface area (Å²) in [4.78, 5) is 12.0. The number of methoxy groups -OCH3 is 1. The van der Waals surface area contributed by atoms with Crippen LogP contribution in [0.3, 0.4) is 0 Å². The smallest absolute Gasteiger partial charge is 0.251 e. The average Bonchev–Trinajstić information content (AvgIpc) is 2.50. The molecule has 0 saturated heterocycles. The van der Waals surface area contributed by atoms with Gasteiger partial charge < -0.3 is 15.8 Å². The van der Waals surface area contributed by atoms with Crippen molar-refractivity contribution < 1.29 is 9.53 Å². The molecule has 0 aliphatic rings. The van der Waals surface area contributed by atoms with Gasteiger partial charge in [-0.15, -0.1) is 0 Å². The molecule has 0 bridgehead atoms. The molecular formula is C17H20N2O2. The quantitative estimate of drug-likeness (QED) is 0.829. The number of carbonyl (C=O) groups is 1. The van der Waals surface area contributed by atoms with Crippen molar-refractivity contribution in [1.29, 1.82) is 0 Å². The largest absolute Gasteiger partial charge is 0.497 e. The second-order valence-electron chi connectivity index (χ2n) is 4.93. The minimum Gasteiger partial charge on any atom is -0.497 e. The van der Waals surface area contributed by atoms with Crippen molar-refractivity contribution in [2.75, 3.05) is 19.4 Å². The van der Waals surface area contributed by atoms with Crippen LogP contribution in [-0.2, 0) is 6.42 Å². The highest BCUT2D eigenvalue weighted by atomic mass is 16.5. The molecule has 4 heteroatoms. The van der Waals surface area contributed by atoms with Crippen LogP contribution in [-0.4, -0.2) is 19.6 Å². The summed E-state index contributed by atoms with van der Waals surface area (Å²) in [5, 5.41) is 2.91. The lowest BCUT2D eigenvalue weighted by atomic mass is 10.1. The summed E-state index contributed by atoms with van der Waals surface area (Å²) in [7, 11) is 1.64. The van der Waals surface area contributed by atoms with Gasteiger partial charge in [-0.1, -0.05) is 12.1 Å². The van der Waals surface area contributed by atoms with E-state index in [1.165, 1.54) is 0 Å². The van der Waals surface area contributed by atoms with E-state index < -0.39 is 0 Å². The van der Waals surface area contributed by atoms with Crippen LogP contribution < -0.4 is 15.8 Å². The molecule has 110 valence electrons. The van der Waals surface area contributed by atoms with Crippen molar-refractivity contribution in [3.05, 3.63) is 59.2 Å². The first-order valence-corrected chi connectivity index (χ1v) is 6.87. The first-order valence-electron chi connectivity index (χ1n) is 6.87. The molecule has 21 heavy (non-hydrogen) atoms. The fourth-order valence-corrected chi connectivity index (χ4v) is 2.07. The lowest BCUT2D eigenvalue weighted by Crippen LogP contribution is -2.25. The van der Waals surface area contributed by atoms with Crippen LogP contribution in [0.1, 0.15) is 21.5 Å². The molecule has 0 aliphatic carbocycles. The Labute approximate surface area is 124 Å². The predicted molar refractivity (Wildman–Crippen MR) is 84.6 cm³/mol. The van der Waals surface area contributed by atoms with E-state index in [0.29, 0.717) is 17.8 Å². The number of hydrogen-bond donors (Lipinski definition) is 2. The number of nitrogens with one attached hydrogen (secondary N) is 1. The van der Waals surface area contributed by atoms with Crippen LogP contribution >= 0.6 is 0 Å². The molecule has 0 fully saturated rings. The maximum Gasteiger partial charge on any atom is 0.251 e. The Morgan fingerprint density at radius 1 is 1.24 bits per heavy atom. The van der Waals surface area contributed by atoms with Gasteiger partial charge in [-0.2, -0.15) is 0 Å². The van der Waals surface area contributed by atoms with E-state index in [1.54, 1.807) is 25.3 Å². The van der Waals surface area contributed by atoms with Gasteiger partial charge in [0, 0.05) is 17.8 Å². The van der Waals surface area contributed by atoms with Crippen molar-refractivity contribution in [2.24, 2.45) is 0 Å². The summed E-state index contributed by atoms with van der Waals surface area (Å²) < 4.78 is 5.18. The molecular weight excluding hydrogens is 264 g/mol. The molecule has 0 saturated carbocycles. The Kier molecular flexibility index (Phi) is 4.82. The lowest BCUT2D eigenvalue weighted by molar-refractivity contribution is 0.0954. The molecule has 0 aromatic heterocycles. The molecule has 2 rings (SSSR count). The van der Waals surface area contributed by atoms with Crippen molar-refractivity contribution in [1.82, 2.24) is 5.32 Å². The van der Waals surface area contributed by atoms with Crippen LogP contribution in [0.25, 0.3) is 0 Å². The van der Waals surface area contributed by atoms with E-state index in [4.69, 9.17) is 10.5 Å². The molecule has 0 spiro atoms. The summed E-state index contributed by atoms with van der Waals surface area (Å²) in [5.74, 6) is 0.744. The SMILES string of the molecule is COc1cccc(CCNC(=O)c2ccc(N)c(C)c2)c1. The van der Waals surface area contributed by atoms with Gasteiger partial charge in [0.1, 0.15) is 5.75 Å². The van der Waals surface area contributed by atoms with E-state index in [-0.39, 0.29) is 5.91 Å². The summed E-state index contributed by atoms with van der Waals surface area (Å²) in [6.45, 7) is 2.47. The molecule has 4 nitrogen and oxygen atoms in total. The van der Waals surface area contributed by atoms with E-state index in [2.05, 4.69) is 5.32 Å². The number of benzene rings is 2. The number of rotatable bonds is 5. The zero-order valence-electron chi connectivity index (χ0n) is 12.3. The normalized spacial score (nSPS) is 10.2. The second kappa shape index (κ2) is 6.79. The van der Waals surface area contributed by atoms with Crippen LogP contribution in [0.15, 0.2) is 42.5 Å². The maximum atomic E-state index is 12.0. The van der Waals surface area contributed by atoms with Gasteiger partial charge in [-0.05, 0) is 54.8 Å². The second-order valence-corrected chi connectivity index (χ2v) is 4.93. The molecule has 3 N–H and O–H groups in total.